The van der Waals surface area contributed by atoms with Crippen molar-refractivity contribution in [3.63, 3.8) is 0 Å². The van der Waals surface area contributed by atoms with Gasteiger partial charge in [-0.1, -0.05) is 13.3 Å². The minimum absolute atomic E-state index is 0. The summed E-state index contributed by atoms with van der Waals surface area (Å²) in [4.78, 5) is 7.46. The van der Waals surface area contributed by atoms with Gasteiger partial charge in [0.2, 0.25) is 0 Å². The Balaban J connectivity index is 0.00000312. The lowest BCUT2D eigenvalue weighted by Crippen LogP contribution is -2.44. The first-order valence-corrected chi connectivity index (χ1v) is 9.91. The van der Waals surface area contributed by atoms with E-state index in [4.69, 9.17) is 9.73 Å². The Morgan fingerprint density at radius 2 is 2.08 bits per heavy atom. The van der Waals surface area contributed by atoms with Crippen molar-refractivity contribution in [2.75, 3.05) is 53.0 Å². The molecule has 1 aliphatic carbocycles. The first-order valence-electron chi connectivity index (χ1n) is 9.91. The van der Waals surface area contributed by atoms with Crippen LogP contribution in [0.4, 0.5) is 0 Å². The van der Waals surface area contributed by atoms with E-state index >= 15 is 0 Å². The molecule has 2 N–H and O–H groups in total. The van der Waals surface area contributed by atoms with Gasteiger partial charge in [-0.15, -0.1) is 24.0 Å². The summed E-state index contributed by atoms with van der Waals surface area (Å²) < 4.78 is 5.28. The van der Waals surface area contributed by atoms with Gasteiger partial charge < -0.3 is 20.3 Å². The molecule has 0 radical (unpaired) electrons. The summed E-state index contributed by atoms with van der Waals surface area (Å²) in [6.45, 7) is 11.8. The molecule has 5 nitrogen and oxygen atoms in total. The maximum Gasteiger partial charge on any atom is 0.191 e. The van der Waals surface area contributed by atoms with Crippen molar-refractivity contribution in [2.24, 2.45) is 16.3 Å². The van der Waals surface area contributed by atoms with Crippen molar-refractivity contribution in [1.82, 2.24) is 15.5 Å². The lowest BCUT2D eigenvalue weighted by molar-refractivity contribution is 0.0778. The number of nitrogens with zero attached hydrogens (tertiary/aromatic N) is 2. The topological polar surface area (TPSA) is 48.9 Å². The number of likely N-dealkylation sites (tertiary alicyclic amines) is 1. The number of hydrogen-bond donors (Lipinski definition) is 2. The third-order valence-corrected chi connectivity index (χ3v) is 5.63. The molecule has 1 aliphatic heterocycles. The molecule has 148 valence electrons. The Morgan fingerprint density at radius 3 is 2.68 bits per heavy atom. The summed E-state index contributed by atoms with van der Waals surface area (Å²) in [6.07, 6.45) is 7.80. The molecule has 25 heavy (non-hydrogen) atoms. The number of ether oxygens (including phenoxy) is 1. The van der Waals surface area contributed by atoms with Crippen molar-refractivity contribution in [3.8, 4) is 0 Å². The van der Waals surface area contributed by atoms with E-state index in [-0.39, 0.29) is 24.0 Å². The van der Waals surface area contributed by atoms with E-state index in [0.29, 0.717) is 5.41 Å². The van der Waals surface area contributed by atoms with Gasteiger partial charge in [0.25, 0.3) is 0 Å². The summed E-state index contributed by atoms with van der Waals surface area (Å²) in [7, 11) is 1.79. The highest BCUT2D eigenvalue weighted by Crippen LogP contribution is 2.44. The second-order valence-electron chi connectivity index (χ2n) is 7.77. The minimum Gasteiger partial charge on any atom is -0.385 e. The van der Waals surface area contributed by atoms with Crippen LogP contribution in [0.3, 0.4) is 0 Å². The van der Waals surface area contributed by atoms with Crippen LogP contribution in [0.25, 0.3) is 0 Å². The van der Waals surface area contributed by atoms with Gasteiger partial charge in [0.1, 0.15) is 0 Å². The largest absolute Gasteiger partial charge is 0.385 e. The van der Waals surface area contributed by atoms with Crippen LogP contribution in [0.1, 0.15) is 52.4 Å². The van der Waals surface area contributed by atoms with Gasteiger partial charge in [-0.3, -0.25) is 4.99 Å². The molecule has 2 fully saturated rings. The second kappa shape index (κ2) is 12.3. The average molecular weight is 466 g/mol. The van der Waals surface area contributed by atoms with E-state index in [1.165, 1.54) is 45.2 Å². The van der Waals surface area contributed by atoms with Crippen molar-refractivity contribution >= 4 is 29.9 Å². The number of rotatable bonds is 9. The van der Waals surface area contributed by atoms with E-state index in [0.717, 1.165) is 51.1 Å². The monoisotopic (exact) mass is 466 g/mol. The highest BCUT2D eigenvalue weighted by Gasteiger charge is 2.36. The zero-order chi connectivity index (χ0) is 17.3. The number of aliphatic imine (C=N–C) groups is 1. The molecule has 1 saturated carbocycles. The van der Waals surface area contributed by atoms with Gasteiger partial charge in [0.05, 0.1) is 0 Å². The van der Waals surface area contributed by atoms with Crippen LogP contribution in [0, 0.1) is 11.3 Å². The van der Waals surface area contributed by atoms with E-state index in [2.05, 4.69) is 29.4 Å². The lowest BCUT2D eigenvalue weighted by atomic mass is 9.67. The van der Waals surface area contributed by atoms with Crippen LogP contribution in [-0.2, 0) is 4.74 Å². The molecule has 1 saturated heterocycles. The van der Waals surface area contributed by atoms with Gasteiger partial charge in [0.15, 0.2) is 5.96 Å². The smallest absolute Gasteiger partial charge is 0.191 e. The van der Waals surface area contributed by atoms with Crippen molar-refractivity contribution in [1.29, 1.82) is 0 Å². The molecule has 1 heterocycles. The highest BCUT2D eigenvalue weighted by molar-refractivity contribution is 14.0. The lowest BCUT2D eigenvalue weighted by Gasteiger charge is -2.40. The summed E-state index contributed by atoms with van der Waals surface area (Å²) in [5.41, 5.74) is 0.390. The molecule has 0 aromatic rings. The molecule has 2 aliphatic rings. The molecule has 0 bridgehead atoms. The summed E-state index contributed by atoms with van der Waals surface area (Å²) >= 11 is 0. The SMILES string of the molecule is CCNC(=NCC1(CCOC)CCC1)NCCN1CCCC(C)C1.I. The Morgan fingerprint density at radius 1 is 1.28 bits per heavy atom. The number of methoxy groups -OCH3 is 1. The Bertz CT molecular complexity index is 388. The van der Waals surface area contributed by atoms with Crippen LogP contribution in [-0.4, -0.2) is 63.8 Å². The fraction of sp³-hybridized carbons (Fsp3) is 0.947. The normalized spacial score (nSPS) is 23.5. The van der Waals surface area contributed by atoms with Crippen molar-refractivity contribution < 1.29 is 4.74 Å². The number of guanidine groups is 1. The fourth-order valence-electron chi connectivity index (χ4n) is 3.89. The van der Waals surface area contributed by atoms with Gasteiger partial charge in [-0.25, -0.2) is 0 Å². The van der Waals surface area contributed by atoms with Crippen LogP contribution in [0.2, 0.25) is 0 Å². The van der Waals surface area contributed by atoms with E-state index in [1.54, 1.807) is 7.11 Å². The van der Waals surface area contributed by atoms with Gasteiger partial charge >= 0.3 is 0 Å². The summed E-state index contributed by atoms with van der Waals surface area (Å²) in [5, 5.41) is 6.92. The first kappa shape index (κ1) is 23.0. The van der Waals surface area contributed by atoms with Gasteiger partial charge in [0, 0.05) is 46.4 Å². The van der Waals surface area contributed by atoms with Crippen molar-refractivity contribution in [3.05, 3.63) is 0 Å². The van der Waals surface area contributed by atoms with Gasteiger partial charge in [-0.05, 0) is 56.9 Å². The molecular formula is C19H39IN4O. The van der Waals surface area contributed by atoms with Crippen LogP contribution in [0.15, 0.2) is 4.99 Å². The molecule has 0 amide bonds. The standard InChI is InChI=1S/C19H38N4O.HI/c1-4-20-18(21-11-13-23-12-5-7-17(2)15-23)22-16-19(8-6-9-19)10-14-24-3;/h17H,4-16H2,1-3H3,(H2,20,21,22);1H. The molecular weight excluding hydrogens is 427 g/mol. The van der Waals surface area contributed by atoms with E-state index in [9.17, 15) is 0 Å². The quantitative estimate of drug-likeness (QED) is 0.312. The van der Waals surface area contributed by atoms with Crippen LogP contribution in [0.5, 0.6) is 0 Å². The predicted octanol–water partition coefficient (Wildman–Crippen LogP) is 3.10. The average Bonchev–Trinajstić information content (AvgIpc) is 2.53. The third kappa shape index (κ3) is 7.99. The summed E-state index contributed by atoms with van der Waals surface area (Å²) in [5.74, 6) is 1.83. The molecule has 1 atom stereocenters. The summed E-state index contributed by atoms with van der Waals surface area (Å²) in [6, 6.07) is 0. The number of hydrogen-bond acceptors (Lipinski definition) is 3. The Hall–Kier alpha value is -0.0800. The highest BCUT2D eigenvalue weighted by atomic mass is 127. The predicted molar refractivity (Wildman–Crippen MR) is 117 cm³/mol. The van der Waals surface area contributed by atoms with E-state index in [1.807, 2.05) is 0 Å². The number of piperidine rings is 1. The van der Waals surface area contributed by atoms with E-state index < -0.39 is 0 Å². The molecule has 0 aromatic carbocycles. The zero-order valence-electron chi connectivity index (χ0n) is 16.5. The Labute approximate surface area is 171 Å². The number of nitrogens with one attached hydrogen (secondary N) is 2. The third-order valence-electron chi connectivity index (χ3n) is 5.63. The number of halogens is 1. The molecule has 0 spiro atoms. The Kier molecular flexibility index (Phi) is 11.3. The maximum absolute atomic E-state index is 5.28. The van der Waals surface area contributed by atoms with Crippen LogP contribution < -0.4 is 10.6 Å². The minimum atomic E-state index is 0. The second-order valence-corrected chi connectivity index (χ2v) is 7.77. The fourth-order valence-corrected chi connectivity index (χ4v) is 3.89. The van der Waals surface area contributed by atoms with Gasteiger partial charge in [-0.2, -0.15) is 0 Å². The zero-order valence-corrected chi connectivity index (χ0v) is 18.8. The molecule has 6 heteroatoms. The maximum atomic E-state index is 5.28. The molecule has 0 aromatic heterocycles. The first-order chi connectivity index (χ1) is 11.7. The molecule has 2 rings (SSSR count). The molecule has 1 unspecified atom stereocenters. The van der Waals surface area contributed by atoms with Crippen molar-refractivity contribution in [2.45, 2.75) is 52.4 Å². The van der Waals surface area contributed by atoms with Crippen LogP contribution >= 0.6 is 24.0 Å².